The summed E-state index contributed by atoms with van der Waals surface area (Å²) in [6.45, 7) is 3.14. The number of anilines is 1. The van der Waals surface area contributed by atoms with Crippen molar-refractivity contribution in [1.82, 2.24) is 4.90 Å². The average Bonchev–Trinajstić information content (AvgIpc) is 2.66. The Labute approximate surface area is 159 Å². The van der Waals surface area contributed by atoms with E-state index < -0.39 is 15.8 Å². The number of nitrogens with zero attached hydrogens (tertiary/aromatic N) is 1. The van der Waals surface area contributed by atoms with Gasteiger partial charge in [0.15, 0.2) is 0 Å². The van der Waals surface area contributed by atoms with Gasteiger partial charge in [0, 0.05) is 18.8 Å². The van der Waals surface area contributed by atoms with Crippen molar-refractivity contribution in [2.75, 3.05) is 17.8 Å². The van der Waals surface area contributed by atoms with Crippen LogP contribution in [0.5, 0.6) is 0 Å². The van der Waals surface area contributed by atoms with E-state index in [9.17, 15) is 17.6 Å². The first-order valence-electron chi connectivity index (χ1n) is 9.01. The van der Waals surface area contributed by atoms with Gasteiger partial charge in [-0.05, 0) is 67.6 Å². The number of sulfonamides is 1. The number of halogens is 1. The van der Waals surface area contributed by atoms with Gasteiger partial charge in [0.05, 0.1) is 11.3 Å². The van der Waals surface area contributed by atoms with Crippen molar-refractivity contribution >= 4 is 21.6 Å². The van der Waals surface area contributed by atoms with Gasteiger partial charge in [-0.3, -0.25) is 9.52 Å². The molecule has 0 aromatic heterocycles. The number of carbonyl (C=O) groups excluding carboxylic acids is 1. The largest absolute Gasteiger partial charge is 0.342 e. The summed E-state index contributed by atoms with van der Waals surface area (Å²) in [5.41, 5.74) is 1.50. The maximum absolute atomic E-state index is 13.4. The molecule has 2 aromatic carbocycles. The summed E-state index contributed by atoms with van der Waals surface area (Å²) in [6.07, 6.45) is 3.58. The first-order chi connectivity index (χ1) is 12.8. The molecular formula is C20H23FN2O3S. The summed E-state index contributed by atoms with van der Waals surface area (Å²) in [6, 6.07) is 10.4. The minimum absolute atomic E-state index is 0.00533. The smallest absolute Gasteiger partial charge is 0.261 e. The molecule has 1 heterocycles. The van der Waals surface area contributed by atoms with E-state index >= 15 is 0 Å². The number of hydrogen-bond acceptors (Lipinski definition) is 3. The number of hydrogen-bond donors (Lipinski definition) is 1. The van der Waals surface area contributed by atoms with E-state index in [0.29, 0.717) is 12.1 Å². The molecule has 144 valence electrons. The fraction of sp³-hybridized carbons (Fsp3) is 0.350. The molecule has 0 spiro atoms. The molecule has 5 nitrogen and oxygen atoms in total. The van der Waals surface area contributed by atoms with Gasteiger partial charge in [-0.15, -0.1) is 0 Å². The molecule has 3 rings (SSSR count). The highest BCUT2D eigenvalue weighted by atomic mass is 32.2. The second-order valence-corrected chi connectivity index (χ2v) is 8.51. The van der Waals surface area contributed by atoms with Gasteiger partial charge in [0.25, 0.3) is 10.0 Å². The number of aryl methyl sites for hydroxylation is 1. The van der Waals surface area contributed by atoms with E-state index in [-0.39, 0.29) is 16.4 Å². The monoisotopic (exact) mass is 390 g/mol. The topological polar surface area (TPSA) is 66.5 Å². The van der Waals surface area contributed by atoms with Crippen molar-refractivity contribution < 1.29 is 17.6 Å². The van der Waals surface area contributed by atoms with E-state index in [0.717, 1.165) is 37.6 Å². The number of piperidine rings is 1. The molecule has 1 amide bonds. The summed E-state index contributed by atoms with van der Waals surface area (Å²) in [4.78, 5) is 14.2. The summed E-state index contributed by atoms with van der Waals surface area (Å²) in [5.74, 6) is -0.346. The average molecular weight is 390 g/mol. The van der Waals surface area contributed by atoms with Crippen LogP contribution in [0.1, 0.15) is 30.4 Å². The van der Waals surface area contributed by atoms with Crippen molar-refractivity contribution in [3.8, 4) is 0 Å². The minimum Gasteiger partial charge on any atom is -0.342 e. The molecule has 0 radical (unpaired) electrons. The second kappa shape index (κ2) is 8.08. The third-order valence-electron chi connectivity index (χ3n) is 4.71. The summed E-state index contributed by atoms with van der Waals surface area (Å²) in [7, 11) is -3.80. The number of amides is 1. The van der Waals surface area contributed by atoms with Gasteiger partial charge in [-0.1, -0.05) is 12.1 Å². The molecule has 0 bridgehead atoms. The molecule has 1 aliphatic heterocycles. The third kappa shape index (κ3) is 4.86. The number of carbonyl (C=O) groups is 1. The van der Waals surface area contributed by atoms with Crippen LogP contribution in [0.15, 0.2) is 47.4 Å². The standard InChI is InChI=1S/C20H23FN2O3S/c1-15-13-18(9-10-19(15)21)27(25,26)22-17-7-5-16(6-8-17)14-20(24)23-11-3-2-4-12-23/h5-10,13,22H,2-4,11-12,14H2,1H3. The van der Waals surface area contributed by atoms with E-state index in [2.05, 4.69) is 4.72 Å². The molecule has 1 saturated heterocycles. The predicted molar refractivity (Wildman–Crippen MR) is 103 cm³/mol. The Morgan fingerprint density at radius 3 is 2.37 bits per heavy atom. The highest BCUT2D eigenvalue weighted by Crippen LogP contribution is 2.19. The van der Waals surface area contributed by atoms with Crippen LogP contribution in [0.2, 0.25) is 0 Å². The SMILES string of the molecule is Cc1cc(S(=O)(=O)Nc2ccc(CC(=O)N3CCCCC3)cc2)ccc1F. The molecule has 1 fully saturated rings. The molecule has 2 aromatic rings. The van der Waals surface area contributed by atoms with Crippen LogP contribution >= 0.6 is 0 Å². The molecule has 27 heavy (non-hydrogen) atoms. The predicted octanol–water partition coefficient (Wildman–Crippen LogP) is 3.49. The fourth-order valence-corrected chi connectivity index (χ4v) is 4.26. The lowest BCUT2D eigenvalue weighted by Gasteiger charge is -2.26. The third-order valence-corrected chi connectivity index (χ3v) is 6.09. The Morgan fingerprint density at radius 1 is 1.07 bits per heavy atom. The van der Waals surface area contributed by atoms with Crippen LogP contribution in [0.25, 0.3) is 0 Å². The van der Waals surface area contributed by atoms with Crippen LogP contribution in [0.3, 0.4) is 0 Å². The van der Waals surface area contributed by atoms with Gasteiger partial charge < -0.3 is 4.90 Å². The van der Waals surface area contributed by atoms with E-state index in [4.69, 9.17) is 0 Å². The molecule has 7 heteroatoms. The molecule has 0 unspecified atom stereocenters. The molecule has 1 aliphatic rings. The lowest BCUT2D eigenvalue weighted by atomic mass is 10.1. The van der Waals surface area contributed by atoms with Gasteiger partial charge in [0.2, 0.25) is 5.91 Å². The van der Waals surface area contributed by atoms with Crippen LogP contribution in [0.4, 0.5) is 10.1 Å². The minimum atomic E-state index is -3.80. The van der Waals surface area contributed by atoms with Crippen LogP contribution in [0, 0.1) is 12.7 Å². The van der Waals surface area contributed by atoms with Crippen molar-refractivity contribution in [3.05, 3.63) is 59.4 Å². The highest BCUT2D eigenvalue weighted by molar-refractivity contribution is 7.92. The number of benzene rings is 2. The zero-order chi connectivity index (χ0) is 19.4. The Kier molecular flexibility index (Phi) is 5.79. The van der Waals surface area contributed by atoms with Gasteiger partial charge in [-0.2, -0.15) is 0 Å². The lowest BCUT2D eigenvalue weighted by molar-refractivity contribution is -0.131. The second-order valence-electron chi connectivity index (χ2n) is 6.83. The zero-order valence-electron chi connectivity index (χ0n) is 15.2. The number of likely N-dealkylation sites (tertiary alicyclic amines) is 1. The summed E-state index contributed by atoms with van der Waals surface area (Å²) < 4.78 is 40.7. The maximum Gasteiger partial charge on any atom is 0.261 e. The quantitative estimate of drug-likeness (QED) is 0.850. The first-order valence-corrected chi connectivity index (χ1v) is 10.5. The Bertz CT molecular complexity index is 921. The first kappa shape index (κ1) is 19.4. The zero-order valence-corrected chi connectivity index (χ0v) is 16.1. The number of rotatable bonds is 5. The molecule has 1 N–H and O–H groups in total. The van der Waals surface area contributed by atoms with Gasteiger partial charge >= 0.3 is 0 Å². The number of nitrogens with one attached hydrogen (secondary N) is 1. The van der Waals surface area contributed by atoms with Crippen LogP contribution < -0.4 is 4.72 Å². The van der Waals surface area contributed by atoms with Crippen LogP contribution in [-0.4, -0.2) is 32.3 Å². The van der Waals surface area contributed by atoms with Crippen molar-refractivity contribution in [2.24, 2.45) is 0 Å². The van der Waals surface area contributed by atoms with E-state index in [1.165, 1.54) is 25.5 Å². The van der Waals surface area contributed by atoms with Crippen molar-refractivity contribution in [3.63, 3.8) is 0 Å². The van der Waals surface area contributed by atoms with Crippen LogP contribution in [-0.2, 0) is 21.2 Å². The summed E-state index contributed by atoms with van der Waals surface area (Å²) >= 11 is 0. The fourth-order valence-electron chi connectivity index (χ4n) is 3.12. The molecule has 0 aliphatic carbocycles. The van der Waals surface area contributed by atoms with Crippen molar-refractivity contribution in [1.29, 1.82) is 0 Å². The Hall–Kier alpha value is -2.41. The van der Waals surface area contributed by atoms with Gasteiger partial charge in [0.1, 0.15) is 5.82 Å². The van der Waals surface area contributed by atoms with Crippen molar-refractivity contribution in [2.45, 2.75) is 37.5 Å². The summed E-state index contributed by atoms with van der Waals surface area (Å²) in [5, 5.41) is 0. The molecule has 0 atom stereocenters. The van der Waals surface area contributed by atoms with Gasteiger partial charge in [-0.25, -0.2) is 12.8 Å². The molecule has 0 saturated carbocycles. The Morgan fingerprint density at radius 2 is 1.74 bits per heavy atom. The lowest BCUT2D eigenvalue weighted by Crippen LogP contribution is -2.36. The van der Waals surface area contributed by atoms with E-state index in [1.54, 1.807) is 24.3 Å². The highest BCUT2D eigenvalue weighted by Gasteiger charge is 2.18. The molecular weight excluding hydrogens is 367 g/mol. The maximum atomic E-state index is 13.4. The normalized spacial score (nSPS) is 14.8. The van der Waals surface area contributed by atoms with E-state index in [1.807, 2.05) is 4.90 Å². The Balaban J connectivity index is 1.66.